The lowest BCUT2D eigenvalue weighted by Gasteiger charge is -2.12. The SMILES string of the molecule is Cc1ccccc1Nc1ccc(C(=O)NC2CCCC2)nc1. The van der Waals surface area contributed by atoms with Crippen molar-refractivity contribution < 1.29 is 4.79 Å². The Kier molecular flexibility index (Phi) is 4.37. The molecule has 4 nitrogen and oxygen atoms in total. The Morgan fingerprint density at radius 1 is 1.14 bits per heavy atom. The maximum atomic E-state index is 12.1. The zero-order valence-corrected chi connectivity index (χ0v) is 12.8. The van der Waals surface area contributed by atoms with Crippen molar-refractivity contribution in [2.45, 2.75) is 38.6 Å². The molecule has 1 aromatic carbocycles. The van der Waals surface area contributed by atoms with E-state index in [0.29, 0.717) is 11.7 Å². The van der Waals surface area contributed by atoms with Crippen LogP contribution in [0.3, 0.4) is 0 Å². The molecule has 1 aliphatic rings. The summed E-state index contributed by atoms with van der Waals surface area (Å²) < 4.78 is 0. The van der Waals surface area contributed by atoms with Crippen molar-refractivity contribution >= 4 is 17.3 Å². The molecule has 0 aliphatic heterocycles. The zero-order chi connectivity index (χ0) is 15.4. The van der Waals surface area contributed by atoms with Gasteiger partial charge < -0.3 is 10.6 Å². The molecule has 0 spiro atoms. The second-order valence-corrected chi connectivity index (χ2v) is 5.83. The van der Waals surface area contributed by atoms with Crippen molar-refractivity contribution in [2.75, 3.05) is 5.32 Å². The van der Waals surface area contributed by atoms with Crippen molar-refractivity contribution in [3.63, 3.8) is 0 Å². The summed E-state index contributed by atoms with van der Waals surface area (Å²) in [4.78, 5) is 16.4. The monoisotopic (exact) mass is 295 g/mol. The van der Waals surface area contributed by atoms with Crippen LogP contribution in [-0.2, 0) is 0 Å². The fourth-order valence-electron chi connectivity index (χ4n) is 2.80. The topological polar surface area (TPSA) is 54.0 Å². The van der Waals surface area contributed by atoms with Crippen LogP contribution in [0, 0.1) is 6.92 Å². The molecule has 3 rings (SSSR count). The largest absolute Gasteiger partial charge is 0.354 e. The first-order chi connectivity index (χ1) is 10.7. The van der Waals surface area contributed by atoms with Crippen molar-refractivity contribution in [2.24, 2.45) is 0 Å². The Morgan fingerprint density at radius 3 is 2.59 bits per heavy atom. The van der Waals surface area contributed by atoms with Gasteiger partial charge in [0.2, 0.25) is 0 Å². The van der Waals surface area contributed by atoms with Gasteiger partial charge in [0.25, 0.3) is 5.91 Å². The van der Waals surface area contributed by atoms with Gasteiger partial charge in [-0.25, -0.2) is 4.98 Å². The summed E-state index contributed by atoms with van der Waals surface area (Å²) in [6, 6.07) is 12.1. The first-order valence-electron chi connectivity index (χ1n) is 7.82. The number of carbonyl (C=O) groups excluding carboxylic acids is 1. The van der Waals surface area contributed by atoms with Gasteiger partial charge in [-0.1, -0.05) is 31.0 Å². The highest BCUT2D eigenvalue weighted by Crippen LogP contribution is 2.20. The molecule has 1 heterocycles. The van der Waals surface area contributed by atoms with Gasteiger partial charge in [0, 0.05) is 11.7 Å². The van der Waals surface area contributed by atoms with Crippen molar-refractivity contribution in [1.82, 2.24) is 10.3 Å². The third-order valence-corrected chi connectivity index (χ3v) is 4.11. The number of aromatic nitrogens is 1. The average molecular weight is 295 g/mol. The van der Waals surface area contributed by atoms with Crippen LogP contribution in [0.2, 0.25) is 0 Å². The number of aryl methyl sites for hydroxylation is 1. The van der Waals surface area contributed by atoms with Gasteiger partial charge >= 0.3 is 0 Å². The van der Waals surface area contributed by atoms with Gasteiger partial charge in [0.15, 0.2) is 0 Å². The standard InChI is InChI=1S/C18H21N3O/c1-13-6-2-5-9-16(13)20-15-10-11-17(19-12-15)18(22)21-14-7-3-4-8-14/h2,5-6,9-12,14,20H,3-4,7-8H2,1H3,(H,21,22). The molecule has 1 fully saturated rings. The predicted octanol–water partition coefficient (Wildman–Crippen LogP) is 3.81. The summed E-state index contributed by atoms with van der Waals surface area (Å²) in [5.74, 6) is -0.0747. The number of nitrogens with one attached hydrogen (secondary N) is 2. The van der Waals surface area contributed by atoms with Crippen molar-refractivity contribution in [3.05, 3.63) is 53.9 Å². The molecule has 0 unspecified atom stereocenters. The molecule has 0 bridgehead atoms. The molecular weight excluding hydrogens is 274 g/mol. The highest BCUT2D eigenvalue weighted by molar-refractivity contribution is 5.92. The third-order valence-electron chi connectivity index (χ3n) is 4.11. The lowest BCUT2D eigenvalue weighted by molar-refractivity contribution is 0.0933. The zero-order valence-electron chi connectivity index (χ0n) is 12.8. The molecule has 1 amide bonds. The summed E-state index contributed by atoms with van der Waals surface area (Å²) in [7, 11) is 0. The number of benzene rings is 1. The lowest BCUT2D eigenvalue weighted by atomic mass is 10.2. The fourth-order valence-corrected chi connectivity index (χ4v) is 2.80. The Balaban J connectivity index is 1.64. The van der Waals surface area contributed by atoms with Crippen LogP contribution in [0.5, 0.6) is 0 Å². The number of amides is 1. The van der Waals surface area contributed by atoms with E-state index in [9.17, 15) is 4.79 Å². The molecule has 0 saturated heterocycles. The van der Waals surface area contributed by atoms with Crippen LogP contribution in [0.25, 0.3) is 0 Å². The molecule has 4 heteroatoms. The Labute approximate surface area is 131 Å². The van der Waals surface area contributed by atoms with Gasteiger partial charge in [0.05, 0.1) is 11.9 Å². The number of carbonyl (C=O) groups is 1. The van der Waals surface area contributed by atoms with E-state index in [1.807, 2.05) is 24.3 Å². The summed E-state index contributed by atoms with van der Waals surface area (Å²) in [6.45, 7) is 2.05. The van der Waals surface area contributed by atoms with E-state index in [2.05, 4.69) is 28.6 Å². The molecule has 1 aliphatic carbocycles. The van der Waals surface area contributed by atoms with E-state index in [4.69, 9.17) is 0 Å². The average Bonchev–Trinajstić information content (AvgIpc) is 3.03. The maximum absolute atomic E-state index is 12.1. The first kappa shape index (κ1) is 14.6. The Morgan fingerprint density at radius 2 is 1.91 bits per heavy atom. The Hall–Kier alpha value is -2.36. The molecular formula is C18H21N3O. The first-order valence-corrected chi connectivity index (χ1v) is 7.82. The molecule has 0 atom stereocenters. The number of para-hydroxylation sites is 1. The summed E-state index contributed by atoms with van der Waals surface area (Å²) in [5, 5.41) is 6.37. The summed E-state index contributed by atoms with van der Waals surface area (Å²) >= 11 is 0. The van der Waals surface area contributed by atoms with Crippen molar-refractivity contribution in [3.8, 4) is 0 Å². The maximum Gasteiger partial charge on any atom is 0.270 e. The van der Waals surface area contributed by atoms with E-state index in [-0.39, 0.29) is 5.91 Å². The van der Waals surface area contributed by atoms with E-state index in [0.717, 1.165) is 24.2 Å². The van der Waals surface area contributed by atoms with Gasteiger partial charge in [-0.15, -0.1) is 0 Å². The number of pyridine rings is 1. The highest BCUT2D eigenvalue weighted by Gasteiger charge is 2.18. The quantitative estimate of drug-likeness (QED) is 0.902. The molecule has 114 valence electrons. The summed E-state index contributed by atoms with van der Waals surface area (Å²) in [6.07, 6.45) is 6.28. The second-order valence-electron chi connectivity index (χ2n) is 5.83. The number of hydrogen-bond acceptors (Lipinski definition) is 3. The van der Waals surface area contributed by atoms with Gasteiger partial charge in [-0.2, -0.15) is 0 Å². The molecule has 0 radical (unpaired) electrons. The normalized spacial score (nSPS) is 14.8. The minimum atomic E-state index is -0.0747. The van der Waals surface area contributed by atoms with E-state index >= 15 is 0 Å². The number of nitrogens with zero attached hydrogens (tertiary/aromatic N) is 1. The van der Waals surface area contributed by atoms with Gasteiger partial charge in [-0.3, -0.25) is 4.79 Å². The van der Waals surface area contributed by atoms with E-state index < -0.39 is 0 Å². The minimum Gasteiger partial charge on any atom is -0.354 e. The van der Waals surface area contributed by atoms with Crippen LogP contribution in [-0.4, -0.2) is 16.9 Å². The second kappa shape index (κ2) is 6.60. The van der Waals surface area contributed by atoms with Crippen LogP contribution < -0.4 is 10.6 Å². The van der Waals surface area contributed by atoms with E-state index in [1.54, 1.807) is 12.3 Å². The third kappa shape index (κ3) is 3.45. The number of hydrogen-bond donors (Lipinski definition) is 2. The predicted molar refractivity (Wildman–Crippen MR) is 88.4 cm³/mol. The molecule has 22 heavy (non-hydrogen) atoms. The van der Waals surface area contributed by atoms with Gasteiger partial charge in [-0.05, 0) is 43.5 Å². The van der Waals surface area contributed by atoms with Crippen LogP contribution in [0.4, 0.5) is 11.4 Å². The van der Waals surface area contributed by atoms with Crippen molar-refractivity contribution in [1.29, 1.82) is 0 Å². The van der Waals surface area contributed by atoms with Crippen LogP contribution in [0.1, 0.15) is 41.7 Å². The molecule has 2 N–H and O–H groups in total. The number of rotatable bonds is 4. The minimum absolute atomic E-state index is 0.0747. The smallest absolute Gasteiger partial charge is 0.270 e. The molecule has 1 saturated carbocycles. The Bertz CT molecular complexity index is 646. The van der Waals surface area contributed by atoms with Gasteiger partial charge in [0.1, 0.15) is 5.69 Å². The van der Waals surface area contributed by atoms with Crippen LogP contribution >= 0.6 is 0 Å². The highest BCUT2D eigenvalue weighted by atomic mass is 16.1. The van der Waals surface area contributed by atoms with E-state index in [1.165, 1.54) is 18.4 Å². The number of anilines is 2. The van der Waals surface area contributed by atoms with Crippen LogP contribution in [0.15, 0.2) is 42.6 Å². The lowest BCUT2D eigenvalue weighted by Crippen LogP contribution is -2.33. The molecule has 1 aromatic heterocycles. The fraction of sp³-hybridized carbons (Fsp3) is 0.333. The molecule has 2 aromatic rings. The summed E-state index contributed by atoms with van der Waals surface area (Å²) in [5.41, 5.74) is 3.58.